The molecule has 0 saturated carbocycles. The molecule has 23 heavy (non-hydrogen) atoms. The van der Waals surface area contributed by atoms with Crippen LogP contribution in [0.1, 0.15) is 31.9 Å². The summed E-state index contributed by atoms with van der Waals surface area (Å²) in [5.41, 5.74) is 2.07. The second-order valence-electron chi connectivity index (χ2n) is 5.88. The molecule has 0 saturated heterocycles. The highest BCUT2D eigenvalue weighted by Gasteiger charge is 2.32. The maximum absolute atomic E-state index is 13.7. The minimum absolute atomic E-state index is 0.0761. The number of carbonyl (C=O) groups is 1. The molecule has 1 amide bonds. The summed E-state index contributed by atoms with van der Waals surface area (Å²) in [5.74, 6) is -0.814. The van der Waals surface area contributed by atoms with Crippen molar-refractivity contribution in [1.82, 2.24) is 0 Å². The van der Waals surface area contributed by atoms with E-state index < -0.39 is 0 Å². The number of nitrogens with zero attached hydrogens (tertiary/aromatic N) is 1. The van der Waals surface area contributed by atoms with Crippen LogP contribution in [-0.4, -0.2) is 11.9 Å². The fraction of sp³-hybridized carbons (Fsp3) is 0.278. The minimum atomic E-state index is -0.381. The Bertz CT molecular complexity index is 748. The van der Waals surface area contributed by atoms with Crippen molar-refractivity contribution >= 4 is 17.3 Å². The zero-order valence-corrected chi connectivity index (χ0v) is 13.0. The van der Waals surface area contributed by atoms with Gasteiger partial charge in [0.15, 0.2) is 0 Å². The van der Waals surface area contributed by atoms with E-state index in [2.05, 4.69) is 5.32 Å². The fourth-order valence-corrected chi connectivity index (χ4v) is 3.23. The molecule has 2 aromatic carbocycles. The number of nitrogens with one attached hydrogen (secondary N) is 1. The summed E-state index contributed by atoms with van der Waals surface area (Å²) in [6.07, 6.45) is 0.661. The van der Waals surface area contributed by atoms with Gasteiger partial charge in [-0.05, 0) is 49.2 Å². The third kappa shape index (κ3) is 3.04. The molecule has 3 rings (SSSR count). The molecule has 2 aromatic rings. The Balaban J connectivity index is 1.99. The van der Waals surface area contributed by atoms with Crippen LogP contribution in [-0.2, 0) is 4.79 Å². The zero-order chi connectivity index (χ0) is 16.6. The van der Waals surface area contributed by atoms with Gasteiger partial charge in [-0.25, -0.2) is 8.78 Å². The number of hydrogen-bond donors (Lipinski definition) is 1. The minimum Gasteiger partial charge on any atom is -0.378 e. The van der Waals surface area contributed by atoms with E-state index in [1.165, 1.54) is 31.2 Å². The second kappa shape index (κ2) is 5.99. The molecular weight excluding hydrogens is 298 g/mol. The van der Waals surface area contributed by atoms with Gasteiger partial charge in [0.05, 0.1) is 11.7 Å². The van der Waals surface area contributed by atoms with Crippen LogP contribution in [0, 0.1) is 11.6 Å². The lowest BCUT2D eigenvalue weighted by molar-refractivity contribution is -0.117. The Labute approximate surface area is 133 Å². The Morgan fingerprint density at radius 2 is 1.91 bits per heavy atom. The van der Waals surface area contributed by atoms with Crippen molar-refractivity contribution in [3.63, 3.8) is 0 Å². The van der Waals surface area contributed by atoms with Gasteiger partial charge in [-0.15, -0.1) is 0 Å². The first kappa shape index (κ1) is 15.5. The molecule has 1 aliphatic heterocycles. The lowest BCUT2D eigenvalue weighted by atomic mass is 9.91. The van der Waals surface area contributed by atoms with Crippen LogP contribution in [0.2, 0.25) is 0 Å². The maximum Gasteiger partial charge on any atom is 0.224 e. The molecule has 2 unspecified atom stereocenters. The van der Waals surface area contributed by atoms with Crippen LogP contribution in [0.15, 0.2) is 42.5 Å². The van der Waals surface area contributed by atoms with Gasteiger partial charge >= 0.3 is 0 Å². The SMILES string of the molecule is CC(=O)N1c2cc(F)ccc2C(Nc2cccc(F)c2)CC1C. The largest absolute Gasteiger partial charge is 0.378 e. The first-order valence-electron chi connectivity index (χ1n) is 7.57. The van der Waals surface area contributed by atoms with Gasteiger partial charge in [0.2, 0.25) is 5.91 Å². The number of anilines is 2. The summed E-state index contributed by atoms with van der Waals surface area (Å²) in [7, 11) is 0. The molecule has 0 fully saturated rings. The molecule has 120 valence electrons. The van der Waals surface area contributed by atoms with Gasteiger partial charge in [0.25, 0.3) is 0 Å². The topological polar surface area (TPSA) is 32.3 Å². The predicted molar refractivity (Wildman–Crippen MR) is 86.4 cm³/mol. The highest BCUT2D eigenvalue weighted by Crippen LogP contribution is 2.39. The first-order chi connectivity index (χ1) is 11.0. The van der Waals surface area contributed by atoms with E-state index in [0.29, 0.717) is 17.8 Å². The van der Waals surface area contributed by atoms with Crippen LogP contribution < -0.4 is 10.2 Å². The molecule has 5 heteroatoms. The van der Waals surface area contributed by atoms with Crippen LogP contribution in [0.4, 0.5) is 20.2 Å². The molecule has 3 nitrogen and oxygen atoms in total. The molecule has 0 aliphatic carbocycles. The lowest BCUT2D eigenvalue weighted by Gasteiger charge is -2.39. The summed E-state index contributed by atoms with van der Waals surface area (Å²) in [5, 5.41) is 3.29. The zero-order valence-electron chi connectivity index (χ0n) is 13.0. The Kier molecular flexibility index (Phi) is 4.03. The third-order valence-corrected chi connectivity index (χ3v) is 4.15. The second-order valence-corrected chi connectivity index (χ2v) is 5.88. The molecule has 0 spiro atoms. The first-order valence-corrected chi connectivity index (χ1v) is 7.57. The van der Waals surface area contributed by atoms with E-state index in [9.17, 15) is 13.6 Å². The molecular formula is C18H18F2N2O. The van der Waals surface area contributed by atoms with Gasteiger partial charge in [-0.2, -0.15) is 0 Å². The van der Waals surface area contributed by atoms with E-state index in [-0.39, 0.29) is 29.6 Å². The summed E-state index contributed by atoms with van der Waals surface area (Å²) in [6.45, 7) is 3.40. The normalized spacial score (nSPS) is 20.1. The number of benzene rings is 2. The van der Waals surface area contributed by atoms with Crippen molar-refractivity contribution < 1.29 is 13.6 Å². The van der Waals surface area contributed by atoms with Crippen LogP contribution >= 0.6 is 0 Å². The summed E-state index contributed by atoms with van der Waals surface area (Å²) in [4.78, 5) is 13.5. The van der Waals surface area contributed by atoms with E-state index >= 15 is 0 Å². The van der Waals surface area contributed by atoms with Gasteiger partial charge < -0.3 is 10.2 Å². The van der Waals surface area contributed by atoms with E-state index in [0.717, 1.165) is 5.56 Å². The standard InChI is InChI=1S/C18H18F2N2O/c1-11-8-17(21-15-5-3-4-13(19)9-15)16-7-6-14(20)10-18(16)22(11)12(2)23/h3-7,9-11,17,21H,8H2,1-2H3. The van der Waals surface area contributed by atoms with Gasteiger partial charge in [0, 0.05) is 18.7 Å². The number of halogens is 2. The van der Waals surface area contributed by atoms with Crippen LogP contribution in [0.5, 0.6) is 0 Å². The Hall–Kier alpha value is -2.43. The molecule has 1 heterocycles. The number of carbonyl (C=O) groups excluding carboxylic acids is 1. The smallest absolute Gasteiger partial charge is 0.224 e. The van der Waals surface area contributed by atoms with Crippen molar-refractivity contribution in [2.24, 2.45) is 0 Å². The van der Waals surface area contributed by atoms with Crippen molar-refractivity contribution in [3.8, 4) is 0 Å². The Morgan fingerprint density at radius 1 is 1.17 bits per heavy atom. The van der Waals surface area contributed by atoms with E-state index in [1.807, 2.05) is 6.92 Å². The van der Waals surface area contributed by atoms with Crippen molar-refractivity contribution in [2.45, 2.75) is 32.4 Å². The van der Waals surface area contributed by atoms with Crippen molar-refractivity contribution in [1.29, 1.82) is 0 Å². The summed E-state index contributed by atoms with van der Waals surface area (Å²) < 4.78 is 27.0. The monoisotopic (exact) mass is 316 g/mol. The number of amides is 1. The lowest BCUT2D eigenvalue weighted by Crippen LogP contribution is -2.43. The highest BCUT2D eigenvalue weighted by atomic mass is 19.1. The Morgan fingerprint density at radius 3 is 2.61 bits per heavy atom. The van der Waals surface area contributed by atoms with E-state index in [1.54, 1.807) is 23.1 Å². The fourth-order valence-electron chi connectivity index (χ4n) is 3.23. The molecule has 1 N–H and O–H groups in total. The summed E-state index contributed by atoms with van der Waals surface area (Å²) in [6, 6.07) is 10.5. The highest BCUT2D eigenvalue weighted by molar-refractivity contribution is 5.93. The number of fused-ring (bicyclic) bond motifs is 1. The molecule has 1 aliphatic rings. The van der Waals surface area contributed by atoms with Crippen LogP contribution in [0.25, 0.3) is 0 Å². The molecule has 2 atom stereocenters. The number of hydrogen-bond acceptors (Lipinski definition) is 2. The van der Waals surface area contributed by atoms with Gasteiger partial charge in [0.1, 0.15) is 11.6 Å². The predicted octanol–water partition coefficient (Wildman–Crippen LogP) is 4.26. The van der Waals surface area contributed by atoms with Gasteiger partial charge in [-0.3, -0.25) is 4.79 Å². The quantitative estimate of drug-likeness (QED) is 0.897. The van der Waals surface area contributed by atoms with Gasteiger partial charge in [-0.1, -0.05) is 12.1 Å². The van der Waals surface area contributed by atoms with Crippen molar-refractivity contribution in [2.75, 3.05) is 10.2 Å². The maximum atomic E-state index is 13.7. The average Bonchev–Trinajstić information content (AvgIpc) is 2.46. The summed E-state index contributed by atoms with van der Waals surface area (Å²) >= 11 is 0. The molecule has 0 bridgehead atoms. The third-order valence-electron chi connectivity index (χ3n) is 4.15. The molecule has 0 radical (unpaired) electrons. The molecule has 0 aromatic heterocycles. The average molecular weight is 316 g/mol. The van der Waals surface area contributed by atoms with E-state index in [4.69, 9.17) is 0 Å². The van der Waals surface area contributed by atoms with Crippen LogP contribution in [0.3, 0.4) is 0 Å². The van der Waals surface area contributed by atoms with Crippen molar-refractivity contribution in [3.05, 3.63) is 59.7 Å². The number of rotatable bonds is 2.